The number of rotatable bonds is 6. The van der Waals surface area contributed by atoms with Crippen molar-refractivity contribution in [1.82, 2.24) is 9.78 Å². The largest absolute Gasteiger partial charge is 0.299 e. The van der Waals surface area contributed by atoms with Crippen LogP contribution in [0, 0.1) is 6.92 Å². The molecule has 2 rings (SSSR count). The van der Waals surface area contributed by atoms with Gasteiger partial charge < -0.3 is 0 Å². The Kier molecular flexibility index (Phi) is 4.50. The zero-order chi connectivity index (χ0) is 13.7. The summed E-state index contributed by atoms with van der Waals surface area (Å²) in [4.78, 5) is 11.9. The van der Waals surface area contributed by atoms with E-state index in [1.807, 2.05) is 23.9 Å². The van der Waals surface area contributed by atoms with Crippen LogP contribution in [0.2, 0.25) is 0 Å². The normalized spacial score (nSPS) is 10.6. The Hall–Kier alpha value is -1.90. The van der Waals surface area contributed by atoms with Crippen molar-refractivity contribution in [2.75, 3.05) is 0 Å². The van der Waals surface area contributed by atoms with Crippen LogP contribution < -0.4 is 0 Å². The highest BCUT2D eigenvalue weighted by atomic mass is 16.1. The van der Waals surface area contributed by atoms with Gasteiger partial charge in [-0.25, -0.2) is 0 Å². The first kappa shape index (κ1) is 13.5. The van der Waals surface area contributed by atoms with E-state index in [0.717, 1.165) is 18.5 Å². The lowest BCUT2D eigenvalue weighted by molar-refractivity contribution is -0.118. The SMILES string of the molecule is CCn1cc(CC(=O)CCc2cccc(C)c2)cn1. The van der Waals surface area contributed by atoms with Gasteiger partial charge in [0.25, 0.3) is 0 Å². The van der Waals surface area contributed by atoms with E-state index in [1.54, 1.807) is 6.20 Å². The highest BCUT2D eigenvalue weighted by Crippen LogP contribution is 2.08. The number of Topliss-reactive ketones (excluding diaryl/α,β-unsaturated/α-hetero) is 1. The van der Waals surface area contributed by atoms with Crippen LogP contribution in [-0.4, -0.2) is 15.6 Å². The Balaban J connectivity index is 1.84. The monoisotopic (exact) mass is 256 g/mol. The summed E-state index contributed by atoms with van der Waals surface area (Å²) in [5, 5.41) is 4.18. The van der Waals surface area contributed by atoms with Crippen molar-refractivity contribution in [3.8, 4) is 0 Å². The molecule has 0 radical (unpaired) electrons. The van der Waals surface area contributed by atoms with Gasteiger partial charge in [-0.1, -0.05) is 29.8 Å². The summed E-state index contributed by atoms with van der Waals surface area (Å²) in [7, 11) is 0. The molecule has 0 atom stereocenters. The minimum Gasteiger partial charge on any atom is -0.299 e. The van der Waals surface area contributed by atoms with Crippen LogP contribution in [0.1, 0.15) is 30.0 Å². The molecule has 0 bridgehead atoms. The predicted molar refractivity (Wildman–Crippen MR) is 76.1 cm³/mol. The highest BCUT2D eigenvalue weighted by Gasteiger charge is 2.06. The molecule has 1 aromatic heterocycles. The maximum Gasteiger partial charge on any atom is 0.137 e. The Morgan fingerprint density at radius 3 is 2.84 bits per heavy atom. The van der Waals surface area contributed by atoms with Gasteiger partial charge in [0.2, 0.25) is 0 Å². The van der Waals surface area contributed by atoms with E-state index in [-0.39, 0.29) is 5.78 Å². The minimum atomic E-state index is 0.275. The lowest BCUT2D eigenvalue weighted by Gasteiger charge is -2.02. The molecule has 0 N–H and O–H groups in total. The molecular weight excluding hydrogens is 236 g/mol. The van der Waals surface area contributed by atoms with Crippen LogP contribution in [0.3, 0.4) is 0 Å². The number of aromatic nitrogens is 2. The standard InChI is InChI=1S/C16H20N2O/c1-3-18-12-15(11-17-18)10-16(19)8-7-14-6-4-5-13(2)9-14/h4-6,9,11-12H,3,7-8,10H2,1-2H3. The molecule has 2 aromatic rings. The molecule has 0 amide bonds. The Labute approximate surface area is 114 Å². The minimum absolute atomic E-state index is 0.275. The van der Waals surface area contributed by atoms with Crippen LogP contribution in [-0.2, 0) is 24.2 Å². The van der Waals surface area contributed by atoms with Crippen molar-refractivity contribution >= 4 is 5.78 Å². The maximum absolute atomic E-state index is 11.9. The number of nitrogens with zero attached hydrogens (tertiary/aromatic N) is 2. The number of ketones is 1. The smallest absolute Gasteiger partial charge is 0.137 e. The number of carbonyl (C=O) groups is 1. The lowest BCUT2D eigenvalue weighted by atomic mass is 10.0. The Morgan fingerprint density at radius 1 is 1.32 bits per heavy atom. The van der Waals surface area contributed by atoms with Crippen LogP contribution in [0.15, 0.2) is 36.7 Å². The fourth-order valence-corrected chi connectivity index (χ4v) is 2.14. The molecule has 0 aliphatic rings. The summed E-state index contributed by atoms with van der Waals surface area (Å²) in [5.74, 6) is 0.275. The molecular formula is C16H20N2O. The van der Waals surface area contributed by atoms with Gasteiger partial charge in [-0.15, -0.1) is 0 Å². The van der Waals surface area contributed by atoms with Crippen LogP contribution in [0.25, 0.3) is 0 Å². The second kappa shape index (κ2) is 6.32. The van der Waals surface area contributed by atoms with Gasteiger partial charge in [-0.05, 0) is 31.4 Å². The van der Waals surface area contributed by atoms with E-state index in [1.165, 1.54) is 11.1 Å². The van der Waals surface area contributed by atoms with Crippen LogP contribution in [0.4, 0.5) is 0 Å². The zero-order valence-corrected chi connectivity index (χ0v) is 11.6. The van der Waals surface area contributed by atoms with Gasteiger partial charge in [0, 0.05) is 25.6 Å². The van der Waals surface area contributed by atoms with Gasteiger partial charge in [-0.2, -0.15) is 5.10 Å². The third-order valence-corrected chi connectivity index (χ3v) is 3.19. The number of aryl methyl sites for hydroxylation is 3. The summed E-state index contributed by atoms with van der Waals surface area (Å²) >= 11 is 0. The molecule has 0 aliphatic heterocycles. The molecule has 3 nitrogen and oxygen atoms in total. The third-order valence-electron chi connectivity index (χ3n) is 3.19. The molecule has 0 fully saturated rings. The molecule has 0 aliphatic carbocycles. The Bertz CT molecular complexity index is 557. The first-order chi connectivity index (χ1) is 9.17. The molecule has 0 saturated heterocycles. The Morgan fingerprint density at radius 2 is 2.16 bits per heavy atom. The van der Waals surface area contributed by atoms with Gasteiger partial charge in [0.1, 0.15) is 5.78 Å². The number of carbonyl (C=O) groups excluding carboxylic acids is 1. The summed E-state index contributed by atoms with van der Waals surface area (Å²) in [6, 6.07) is 8.34. The molecule has 1 heterocycles. The predicted octanol–water partition coefficient (Wildman–Crippen LogP) is 2.96. The topological polar surface area (TPSA) is 34.9 Å². The van der Waals surface area contributed by atoms with Crippen molar-refractivity contribution in [2.45, 2.75) is 39.7 Å². The maximum atomic E-state index is 11.9. The zero-order valence-electron chi connectivity index (χ0n) is 11.6. The molecule has 0 spiro atoms. The van der Waals surface area contributed by atoms with Crippen LogP contribution >= 0.6 is 0 Å². The number of hydrogen-bond donors (Lipinski definition) is 0. The quantitative estimate of drug-likeness (QED) is 0.796. The van der Waals surface area contributed by atoms with Gasteiger partial charge >= 0.3 is 0 Å². The van der Waals surface area contributed by atoms with Crippen molar-refractivity contribution in [2.24, 2.45) is 0 Å². The lowest BCUT2D eigenvalue weighted by Crippen LogP contribution is -2.04. The average molecular weight is 256 g/mol. The second-order valence-corrected chi connectivity index (χ2v) is 4.91. The fraction of sp³-hybridized carbons (Fsp3) is 0.375. The van der Waals surface area contributed by atoms with E-state index in [4.69, 9.17) is 0 Å². The summed E-state index contributed by atoms with van der Waals surface area (Å²) in [6.45, 7) is 4.96. The van der Waals surface area contributed by atoms with Crippen LogP contribution in [0.5, 0.6) is 0 Å². The average Bonchev–Trinajstić information content (AvgIpc) is 2.84. The van der Waals surface area contributed by atoms with Crippen molar-refractivity contribution in [3.05, 3.63) is 53.3 Å². The molecule has 0 saturated carbocycles. The number of benzene rings is 1. The van der Waals surface area contributed by atoms with E-state index in [0.29, 0.717) is 12.8 Å². The molecule has 100 valence electrons. The van der Waals surface area contributed by atoms with E-state index in [2.05, 4.69) is 30.2 Å². The van der Waals surface area contributed by atoms with E-state index in [9.17, 15) is 4.79 Å². The van der Waals surface area contributed by atoms with E-state index < -0.39 is 0 Å². The van der Waals surface area contributed by atoms with Crippen molar-refractivity contribution < 1.29 is 4.79 Å². The van der Waals surface area contributed by atoms with Crippen molar-refractivity contribution in [3.63, 3.8) is 0 Å². The molecule has 1 aromatic carbocycles. The van der Waals surface area contributed by atoms with Gasteiger partial charge in [0.15, 0.2) is 0 Å². The fourth-order valence-electron chi connectivity index (χ4n) is 2.14. The summed E-state index contributed by atoms with van der Waals surface area (Å²) in [5.41, 5.74) is 3.49. The summed E-state index contributed by atoms with van der Waals surface area (Å²) < 4.78 is 1.85. The van der Waals surface area contributed by atoms with E-state index >= 15 is 0 Å². The first-order valence-corrected chi connectivity index (χ1v) is 6.76. The van der Waals surface area contributed by atoms with Gasteiger partial charge in [0.05, 0.1) is 6.20 Å². The number of hydrogen-bond acceptors (Lipinski definition) is 2. The van der Waals surface area contributed by atoms with Gasteiger partial charge in [-0.3, -0.25) is 9.48 Å². The first-order valence-electron chi connectivity index (χ1n) is 6.76. The summed E-state index contributed by atoms with van der Waals surface area (Å²) in [6.07, 6.45) is 5.65. The highest BCUT2D eigenvalue weighted by molar-refractivity contribution is 5.80. The molecule has 19 heavy (non-hydrogen) atoms. The van der Waals surface area contributed by atoms with Crippen molar-refractivity contribution in [1.29, 1.82) is 0 Å². The molecule has 3 heteroatoms. The third kappa shape index (κ3) is 4.05. The second-order valence-electron chi connectivity index (χ2n) is 4.91. The molecule has 0 unspecified atom stereocenters.